The van der Waals surface area contributed by atoms with Crippen molar-refractivity contribution in [2.24, 2.45) is 0 Å². The van der Waals surface area contributed by atoms with Crippen molar-refractivity contribution in [1.29, 1.82) is 0 Å². The zero-order valence-corrected chi connectivity index (χ0v) is 25.5. The number of carbonyl (C=O) groups excluding carboxylic acids is 2. The third-order valence-corrected chi connectivity index (χ3v) is 6.77. The van der Waals surface area contributed by atoms with Gasteiger partial charge in [0.25, 0.3) is 0 Å². The molecule has 0 heterocycles. The van der Waals surface area contributed by atoms with Gasteiger partial charge in [-0.2, -0.15) is 0 Å². The van der Waals surface area contributed by atoms with E-state index < -0.39 is 7.82 Å². The van der Waals surface area contributed by atoms with Gasteiger partial charge < -0.3 is 9.47 Å². The van der Waals surface area contributed by atoms with Crippen LogP contribution in [0.4, 0.5) is 0 Å². The summed E-state index contributed by atoms with van der Waals surface area (Å²) in [5.74, 6) is -0.199. The van der Waals surface area contributed by atoms with Crippen LogP contribution in [0.5, 0.6) is 0 Å². The fourth-order valence-electron chi connectivity index (χ4n) is 2.77. The topological polar surface area (TPSA) is 97.4 Å². The quantitative estimate of drug-likeness (QED) is 0.0631. The largest absolute Gasteiger partial charge is 0.474 e. The van der Waals surface area contributed by atoms with Crippen LogP contribution < -0.4 is 0 Å². The van der Waals surface area contributed by atoms with Crippen molar-refractivity contribution in [2.45, 2.75) is 137 Å². The van der Waals surface area contributed by atoms with Crippen molar-refractivity contribution in [3.8, 4) is 0 Å². The Balaban J connectivity index is 0. The molecule has 0 saturated heterocycles. The Hall–Kier alpha value is -0.950. The smallest absolute Gasteiger partial charge is 0.466 e. The Morgan fingerprint density at radius 2 is 0.757 bits per heavy atom. The van der Waals surface area contributed by atoms with Gasteiger partial charge in [-0.3, -0.25) is 23.2 Å². The molecule has 0 N–H and O–H groups in total. The number of ether oxygens (including phenoxy) is 2. The third kappa shape index (κ3) is 29.5. The Kier molecular flexibility index (Phi) is 30.6. The van der Waals surface area contributed by atoms with Gasteiger partial charge >= 0.3 is 19.8 Å². The van der Waals surface area contributed by atoms with E-state index in [-0.39, 0.29) is 11.9 Å². The summed E-state index contributed by atoms with van der Waals surface area (Å²) in [6, 6.07) is 0. The summed E-state index contributed by atoms with van der Waals surface area (Å²) in [4.78, 5) is 22.6. The second-order valence-electron chi connectivity index (χ2n) is 9.07. The van der Waals surface area contributed by atoms with Crippen LogP contribution in [0.3, 0.4) is 0 Å². The molecule has 0 unspecified atom stereocenters. The summed E-state index contributed by atoms with van der Waals surface area (Å²) in [5, 5.41) is 0. The highest BCUT2D eigenvalue weighted by Gasteiger charge is 2.25. The predicted molar refractivity (Wildman–Crippen MR) is 150 cm³/mol. The lowest BCUT2D eigenvalue weighted by molar-refractivity contribution is -0.145. The molecule has 0 atom stereocenters. The SMILES string of the molecule is CCCCOC(=O)CCCCCCC(=O)OCCCC.CCCCOP(=O)(OCCCC)OCCCC. The second-order valence-corrected chi connectivity index (χ2v) is 10.7. The predicted octanol–water partition coefficient (Wildman–Crippen LogP) is 8.56. The average molecular weight is 553 g/mol. The van der Waals surface area contributed by atoms with Crippen molar-refractivity contribution < 1.29 is 37.2 Å². The van der Waals surface area contributed by atoms with Crippen molar-refractivity contribution in [3.63, 3.8) is 0 Å². The molecule has 0 radical (unpaired) electrons. The molecule has 0 aromatic heterocycles. The zero-order valence-electron chi connectivity index (χ0n) is 24.6. The van der Waals surface area contributed by atoms with Gasteiger partial charge in [0, 0.05) is 12.8 Å². The molecule has 0 spiro atoms. The molecular formula is C28H57O8P. The minimum atomic E-state index is -3.31. The maximum atomic E-state index is 12.2. The fraction of sp³-hybridized carbons (Fsp3) is 0.929. The Labute approximate surface area is 227 Å². The summed E-state index contributed by atoms with van der Waals surface area (Å²) in [6.45, 7) is 12.7. The van der Waals surface area contributed by atoms with E-state index in [1.165, 1.54) is 0 Å². The highest BCUT2D eigenvalue weighted by molar-refractivity contribution is 7.48. The molecule has 0 fully saturated rings. The van der Waals surface area contributed by atoms with Gasteiger partial charge in [-0.25, -0.2) is 4.57 Å². The van der Waals surface area contributed by atoms with E-state index in [4.69, 9.17) is 23.0 Å². The van der Waals surface area contributed by atoms with Gasteiger partial charge in [-0.1, -0.05) is 79.6 Å². The normalized spacial score (nSPS) is 11.1. The van der Waals surface area contributed by atoms with Crippen LogP contribution in [0.15, 0.2) is 0 Å². The number of rotatable bonds is 25. The lowest BCUT2D eigenvalue weighted by atomic mass is 10.1. The number of phosphoric acid groups is 1. The molecule has 0 amide bonds. The van der Waals surface area contributed by atoms with Crippen molar-refractivity contribution >= 4 is 19.8 Å². The molecule has 0 aromatic rings. The van der Waals surface area contributed by atoms with E-state index >= 15 is 0 Å². The van der Waals surface area contributed by atoms with Gasteiger partial charge in [0.05, 0.1) is 33.0 Å². The molecule has 0 aliphatic heterocycles. The summed E-state index contributed by atoms with van der Waals surface area (Å²) in [5.41, 5.74) is 0. The van der Waals surface area contributed by atoms with Crippen LogP contribution in [-0.2, 0) is 37.2 Å². The van der Waals surface area contributed by atoms with Gasteiger partial charge in [-0.05, 0) is 44.9 Å². The van der Waals surface area contributed by atoms with E-state index in [1.54, 1.807) is 0 Å². The zero-order chi connectivity index (χ0) is 28.0. The molecule has 222 valence electrons. The summed E-state index contributed by atoms with van der Waals surface area (Å²) >= 11 is 0. The number of phosphoric ester groups is 1. The highest BCUT2D eigenvalue weighted by Crippen LogP contribution is 2.49. The van der Waals surface area contributed by atoms with Crippen LogP contribution in [0.1, 0.15) is 137 Å². The lowest BCUT2D eigenvalue weighted by Crippen LogP contribution is -2.06. The molecule has 37 heavy (non-hydrogen) atoms. The molecule has 0 rings (SSSR count). The maximum absolute atomic E-state index is 12.2. The molecule has 0 aliphatic carbocycles. The minimum Gasteiger partial charge on any atom is -0.466 e. The van der Waals surface area contributed by atoms with Crippen LogP contribution in [0.2, 0.25) is 0 Å². The first-order valence-corrected chi connectivity index (χ1v) is 16.2. The molecule has 0 saturated carbocycles. The van der Waals surface area contributed by atoms with E-state index in [9.17, 15) is 14.2 Å². The van der Waals surface area contributed by atoms with Crippen LogP contribution in [-0.4, -0.2) is 45.0 Å². The van der Waals surface area contributed by atoms with Gasteiger partial charge in [0.15, 0.2) is 0 Å². The lowest BCUT2D eigenvalue weighted by Gasteiger charge is -2.17. The van der Waals surface area contributed by atoms with E-state index in [0.717, 1.165) is 89.9 Å². The van der Waals surface area contributed by atoms with E-state index in [1.807, 2.05) is 0 Å². The summed E-state index contributed by atoms with van der Waals surface area (Å²) in [7, 11) is -3.31. The molecule has 8 nitrogen and oxygen atoms in total. The number of esters is 2. The standard InChI is InChI=1S/C16H30O4.C12H27O4P/c1-3-5-13-19-15(17)11-9-7-8-10-12-16(18)20-14-6-4-2;1-4-7-10-14-17(13,15-11-8-5-2)16-12-9-6-3/h3-14H2,1-2H3;4-12H2,1-3H3. The number of unbranched alkanes of at least 4 members (excludes halogenated alkanes) is 8. The third-order valence-electron chi connectivity index (χ3n) is 5.28. The summed E-state index contributed by atoms with van der Waals surface area (Å²) in [6.07, 6.45) is 14.2. The Morgan fingerprint density at radius 1 is 0.459 bits per heavy atom. The van der Waals surface area contributed by atoms with Gasteiger partial charge in [0.1, 0.15) is 0 Å². The molecule has 0 aromatic carbocycles. The molecule has 0 aliphatic rings. The van der Waals surface area contributed by atoms with E-state index in [0.29, 0.717) is 45.9 Å². The van der Waals surface area contributed by atoms with Crippen molar-refractivity contribution in [1.82, 2.24) is 0 Å². The second kappa shape index (κ2) is 29.6. The minimum absolute atomic E-state index is 0.0996. The average Bonchev–Trinajstić information content (AvgIpc) is 2.87. The van der Waals surface area contributed by atoms with Crippen LogP contribution in [0, 0.1) is 0 Å². The fourth-order valence-corrected chi connectivity index (χ4v) is 4.05. The summed E-state index contributed by atoms with van der Waals surface area (Å²) < 4.78 is 38.1. The number of hydrogen-bond acceptors (Lipinski definition) is 8. The van der Waals surface area contributed by atoms with Gasteiger partial charge in [0.2, 0.25) is 0 Å². The van der Waals surface area contributed by atoms with Crippen molar-refractivity contribution in [2.75, 3.05) is 33.0 Å². The number of carbonyl (C=O) groups is 2. The molecule has 0 bridgehead atoms. The van der Waals surface area contributed by atoms with Crippen LogP contribution >= 0.6 is 7.82 Å². The number of hydrogen-bond donors (Lipinski definition) is 0. The van der Waals surface area contributed by atoms with E-state index in [2.05, 4.69) is 34.6 Å². The first-order valence-electron chi connectivity index (χ1n) is 14.7. The highest BCUT2D eigenvalue weighted by atomic mass is 31.2. The van der Waals surface area contributed by atoms with Crippen molar-refractivity contribution in [3.05, 3.63) is 0 Å². The monoisotopic (exact) mass is 552 g/mol. The Morgan fingerprint density at radius 3 is 1.05 bits per heavy atom. The molecule has 9 heteroatoms. The first kappa shape index (κ1) is 38.2. The van der Waals surface area contributed by atoms with Crippen LogP contribution in [0.25, 0.3) is 0 Å². The molecular weight excluding hydrogens is 495 g/mol. The van der Waals surface area contributed by atoms with Gasteiger partial charge in [-0.15, -0.1) is 0 Å². The first-order chi connectivity index (χ1) is 17.9. The maximum Gasteiger partial charge on any atom is 0.474 e. The Bertz CT molecular complexity index is 497.